The van der Waals surface area contributed by atoms with Crippen LogP contribution in [0.2, 0.25) is 0 Å². The van der Waals surface area contributed by atoms with Crippen LogP contribution in [-0.4, -0.2) is 7.11 Å². The van der Waals surface area contributed by atoms with Crippen LogP contribution in [-0.2, 0) is 0 Å². The van der Waals surface area contributed by atoms with Gasteiger partial charge in [-0.2, -0.15) is 0 Å². The first kappa shape index (κ1) is 11.9. The Balaban J connectivity index is 0.000000671. The monoisotopic (exact) mass is 188 g/mol. The van der Waals surface area contributed by atoms with Crippen molar-refractivity contribution in [2.45, 2.75) is 20.8 Å². The topological polar surface area (TPSA) is 9.23 Å². The molecule has 0 heterocycles. The molecule has 0 aliphatic rings. The van der Waals surface area contributed by atoms with Crippen LogP contribution in [0.5, 0.6) is 5.75 Å². The Kier molecular flexibility index (Phi) is 5.04. The number of rotatable bonds is 1. The lowest BCUT2D eigenvalue weighted by Gasteiger charge is -2.04. The average molecular weight is 188 g/mol. The largest absolute Gasteiger partial charge is 0.493 e. The van der Waals surface area contributed by atoms with Crippen molar-refractivity contribution < 1.29 is 13.5 Å². The van der Waals surface area contributed by atoms with E-state index in [0.717, 1.165) is 6.07 Å². The molecule has 0 fully saturated rings. The highest BCUT2D eigenvalue weighted by atomic mass is 19.1. The maximum absolute atomic E-state index is 12.7. The van der Waals surface area contributed by atoms with Gasteiger partial charge in [-0.1, -0.05) is 13.8 Å². The molecule has 13 heavy (non-hydrogen) atoms. The molecule has 3 heteroatoms. The minimum atomic E-state index is -0.662. The zero-order valence-electron chi connectivity index (χ0n) is 8.32. The van der Waals surface area contributed by atoms with E-state index in [1.54, 1.807) is 6.92 Å². The zero-order valence-corrected chi connectivity index (χ0v) is 8.32. The molecule has 0 spiro atoms. The van der Waals surface area contributed by atoms with Gasteiger partial charge >= 0.3 is 0 Å². The highest BCUT2D eigenvalue weighted by molar-refractivity contribution is 5.34. The van der Waals surface area contributed by atoms with Crippen LogP contribution in [0.1, 0.15) is 19.4 Å². The molecule has 0 radical (unpaired) electrons. The standard InChI is InChI=1S/C8H8F2O.C2H6/c1-5-3-6(9)4-7(10)8(5)11-2;1-2/h3-4H,1-2H3;1-2H3. The quantitative estimate of drug-likeness (QED) is 0.657. The first-order valence-electron chi connectivity index (χ1n) is 4.15. The van der Waals surface area contributed by atoms with Gasteiger partial charge in [0.05, 0.1) is 7.11 Å². The van der Waals surface area contributed by atoms with Crippen molar-refractivity contribution in [3.8, 4) is 5.75 Å². The van der Waals surface area contributed by atoms with Gasteiger partial charge in [-0.15, -0.1) is 0 Å². The van der Waals surface area contributed by atoms with E-state index >= 15 is 0 Å². The SMILES string of the molecule is CC.COc1c(C)cc(F)cc1F. The number of methoxy groups -OCH3 is 1. The van der Waals surface area contributed by atoms with Crippen molar-refractivity contribution in [2.75, 3.05) is 7.11 Å². The van der Waals surface area contributed by atoms with Crippen LogP contribution in [0.4, 0.5) is 8.78 Å². The smallest absolute Gasteiger partial charge is 0.168 e. The summed E-state index contributed by atoms with van der Waals surface area (Å²) in [6.07, 6.45) is 0. The highest BCUT2D eigenvalue weighted by Crippen LogP contribution is 2.22. The van der Waals surface area contributed by atoms with Gasteiger partial charge in [-0.3, -0.25) is 0 Å². The van der Waals surface area contributed by atoms with Gasteiger partial charge in [0.2, 0.25) is 0 Å². The number of hydrogen-bond acceptors (Lipinski definition) is 1. The molecule has 74 valence electrons. The lowest BCUT2D eigenvalue weighted by atomic mass is 10.2. The minimum absolute atomic E-state index is 0.103. The molecule has 0 saturated heterocycles. The summed E-state index contributed by atoms with van der Waals surface area (Å²) in [6.45, 7) is 5.59. The van der Waals surface area contributed by atoms with E-state index < -0.39 is 11.6 Å². The highest BCUT2D eigenvalue weighted by Gasteiger charge is 2.07. The third kappa shape index (κ3) is 3.01. The molecular weight excluding hydrogens is 174 g/mol. The van der Waals surface area contributed by atoms with Crippen molar-refractivity contribution in [1.29, 1.82) is 0 Å². The number of hydrogen-bond donors (Lipinski definition) is 0. The number of benzene rings is 1. The van der Waals surface area contributed by atoms with E-state index in [1.807, 2.05) is 13.8 Å². The Hall–Kier alpha value is -1.12. The molecular formula is C10H14F2O. The Morgan fingerprint density at radius 3 is 2.08 bits per heavy atom. The molecule has 0 N–H and O–H groups in total. The van der Waals surface area contributed by atoms with Gasteiger partial charge in [-0.05, 0) is 18.6 Å². The molecule has 1 nitrogen and oxygen atoms in total. The Labute approximate surface area is 77.3 Å². The van der Waals surface area contributed by atoms with E-state index in [1.165, 1.54) is 13.2 Å². The molecule has 0 aliphatic carbocycles. The van der Waals surface area contributed by atoms with Gasteiger partial charge in [0.15, 0.2) is 11.6 Å². The van der Waals surface area contributed by atoms with Crippen molar-refractivity contribution in [1.82, 2.24) is 0 Å². The lowest BCUT2D eigenvalue weighted by molar-refractivity contribution is 0.381. The van der Waals surface area contributed by atoms with Crippen molar-refractivity contribution in [2.24, 2.45) is 0 Å². The van der Waals surface area contributed by atoms with E-state index in [2.05, 4.69) is 4.74 Å². The van der Waals surface area contributed by atoms with E-state index in [0.29, 0.717) is 5.56 Å². The van der Waals surface area contributed by atoms with Crippen molar-refractivity contribution in [3.63, 3.8) is 0 Å². The second-order valence-corrected chi connectivity index (χ2v) is 2.24. The first-order chi connectivity index (χ1) is 6.15. The molecule has 0 aliphatic heterocycles. The summed E-state index contributed by atoms with van der Waals surface area (Å²) in [5.74, 6) is -1.14. The van der Waals surface area contributed by atoms with Gasteiger partial charge in [0, 0.05) is 6.07 Å². The molecule has 0 unspecified atom stereocenters. The summed E-state index contributed by atoms with van der Waals surface area (Å²) in [5.41, 5.74) is 0.463. The molecule has 1 rings (SSSR count). The molecule has 0 amide bonds. The fourth-order valence-corrected chi connectivity index (χ4v) is 0.948. The Morgan fingerprint density at radius 2 is 1.69 bits per heavy atom. The fourth-order valence-electron chi connectivity index (χ4n) is 0.948. The summed E-state index contributed by atoms with van der Waals surface area (Å²) < 4.78 is 29.9. The van der Waals surface area contributed by atoms with Gasteiger partial charge in [0.1, 0.15) is 5.82 Å². The summed E-state index contributed by atoms with van der Waals surface area (Å²) in [4.78, 5) is 0. The van der Waals surface area contributed by atoms with Crippen LogP contribution in [0.3, 0.4) is 0 Å². The summed E-state index contributed by atoms with van der Waals surface area (Å²) in [7, 11) is 1.35. The van der Waals surface area contributed by atoms with Crippen LogP contribution in [0, 0.1) is 18.6 Å². The van der Waals surface area contributed by atoms with Crippen LogP contribution >= 0.6 is 0 Å². The van der Waals surface area contributed by atoms with E-state index in [9.17, 15) is 8.78 Å². The average Bonchev–Trinajstić information content (AvgIpc) is 2.07. The number of aryl methyl sites for hydroxylation is 1. The van der Waals surface area contributed by atoms with E-state index in [-0.39, 0.29) is 5.75 Å². The second-order valence-electron chi connectivity index (χ2n) is 2.24. The second kappa shape index (κ2) is 5.51. The molecule has 1 aromatic carbocycles. The van der Waals surface area contributed by atoms with Gasteiger partial charge < -0.3 is 4.74 Å². The summed E-state index contributed by atoms with van der Waals surface area (Å²) in [5, 5.41) is 0. The van der Waals surface area contributed by atoms with Gasteiger partial charge in [-0.25, -0.2) is 8.78 Å². The molecule has 1 aromatic rings. The molecule has 0 bridgehead atoms. The van der Waals surface area contributed by atoms with E-state index in [4.69, 9.17) is 0 Å². The number of halogens is 2. The minimum Gasteiger partial charge on any atom is -0.493 e. The normalized spacial score (nSPS) is 8.77. The maximum Gasteiger partial charge on any atom is 0.168 e. The van der Waals surface area contributed by atoms with Crippen molar-refractivity contribution in [3.05, 3.63) is 29.3 Å². The Bertz CT molecular complexity index is 249. The first-order valence-corrected chi connectivity index (χ1v) is 4.15. The summed E-state index contributed by atoms with van der Waals surface area (Å²) >= 11 is 0. The van der Waals surface area contributed by atoms with Crippen LogP contribution in [0.25, 0.3) is 0 Å². The number of ether oxygens (including phenoxy) is 1. The predicted molar refractivity (Wildman–Crippen MR) is 49.0 cm³/mol. The zero-order chi connectivity index (χ0) is 10.4. The summed E-state index contributed by atoms with van der Waals surface area (Å²) in [6, 6.07) is 2.02. The fraction of sp³-hybridized carbons (Fsp3) is 0.400. The molecule has 0 aromatic heterocycles. The lowest BCUT2D eigenvalue weighted by Crippen LogP contribution is -1.92. The third-order valence-corrected chi connectivity index (χ3v) is 1.40. The predicted octanol–water partition coefficient (Wildman–Crippen LogP) is 3.31. The van der Waals surface area contributed by atoms with Gasteiger partial charge in [0.25, 0.3) is 0 Å². The third-order valence-electron chi connectivity index (χ3n) is 1.40. The molecule has 0 atom stereocenters. The van der Waals surface area contributed by atoms with Crippen LogP contribution in [0.15, 0.2) is 12.1 Å². The van der Waals surface area contributed by atoms with Crippen LogP contribution < -0.4 is 4.74 Å². The Morgan fingerprint density at radius 1 is 1.15 bits per heavy atom. The maximum atomic E-state index is 12.7. The molecule has 0 saturated carbocycles. The van der Waals surface area contributed by atoms with Crippen molar-refractivity contribution >= 4 is 0 Å².